The minimum Gasteiger partial charge on any atom is -0.208 e. The van der Waals surface area contributed by atoms with Crippen LogP contribution >= 0.6 is 27.5 Å². The number of hydrogen-bond acceptors (Lipinski definition) is 2. The maximum Gasteiger partial charge on any atom is 0.242 e. The second kappa shape index (κ2) is 6.73. The monoisotopic (exact) mass is 339 g/mol. The average Bonchev–Trinajstić information content (AvgIpc) is 2.26. The van der Waals surface area contributed by atoms with E-state index in [0.717, 1.165) is 18.2 Å². The summed E-state index contributed by atoms with van der Waals surface area (Å²) in [5.74, 6) is 0. The van der Waals surface area contributed by atoms with Gasteiger partial charge in [0, 0.05) is 11.4 Å². The molecule has 1 N–H and O–H groups in total. The van der Waals surface area contributed by atoms with Crippen molar-refractivity contribution in [2.45, 2.75) is 30.7 Å². The van der Waals surface area contributed by atoms with Crippen LogP contribution in [0.5, 0.6) is 0 Å². The van der Waals surface area contributed by atoms with Crippen molar-refractivity contribution in [3.8, 4) is 0 Å². The van der Waals surface area contributed by atoms with Gasteiger partial charge in [-0.1, -0.05) is 39.7 Å². The fourth-order valence-electron chi connectivity index (χ4n) is 1.43. The summed E-state index contributed by atoms with van der Waals surface area (Å²) >= 11 is 9.19. The molecule has 1 rings (SSSR count). The number of sulfonamides is 1. The molecule has 0 spiro atoms. The van der Waals surface area contributed by atoms with Crippen LogP contribution in [0, 0.1) is 0 Å². The Kier molecular flexibility index (Phi) is 5.92. The van der Waals surface area contributed by atoms with Crippen molar-refractivity contribution in [3.63, 3.8) is 0 Å². The van der Waals surface area contributed by atoms with E-state index in [-0.39, 0.29) is 16.0 Å². The minimum atomic E-state index is -3.52. The molecule has 1 aromatic carbocycles. The Morgan fingerprint density at radius 3 is 2.65 bits per heavy atom. The Labute approximate surface area is 116 Å². The van der Waals surface area contributed by atoms with E-state index in [2.05, 4.69) is 20.7 Å². The molecule has 1 aromatic rings. The number of alkyl halides is 1. The van der Waals surface area contributed by atoms with Gasteiger partial charge in [0.2, 0.25) is 10.0 Å². The molecule has 1 atom stereocenters. The van der Waals surface area contributed by atoms with E-state index >= 15 is 0 Å². The van der Waals surface area contributed by atoms with Crippen LogP contribution < -0.4 is 4.72 Å². The quantitative estimate of drug-likeness (QED) is 0.808. The van der Waals surface area contributed by atoms with Crippen LogP contribution in [0.3, 0.4) is 0 Å². The summed E-state index contributed by atoms with van der Waals surface area (Å²) in [5.41, 5.74) is 0. The Morgan fingerprint density at radius 1 is 1.41 bits per heavy atom. The largest absolute Gasteiger partial charge is 0.242 e. The SMILES string of the molecule is CC(CCCBr)NS(=O)(=O)c1ccccc1Cl. The van der Waals surface area contributed by atoms with Gasteiger partial charge in [0.05, 0.1) is 5.02 Å². The third-order valence-corrected chi connectivity index (χ3v) is 4.90. The zero-order valence-electron chi connectivity index (χ0n) is 9.49. The summed E-state index contributed by atoms with van der Waals surface area (Å²) in [6.07, 6.45) is 1.71. The van der Waals surface area contributed by atoms with E-state index in [4.69, 9.17) is 11.6 Å². The third-order valence-electron chi connectivity index (χ3n) is 2.25. The normalized spacial score (nSPS) is 13.6. The van der Waals surface area contributed by atoms with Gasteiger partial charge in [-0.15, -0.1) is 0 Å². The van der Waals surface area contributed by atoms with E-state index in [0.29, 0.717) is 0 Å². The lowest BCUT2D eigenvalue weighted by Crippen LogP contribution is -2.32. The topological polar surface area (TPSA) is 46.2 Å². The van der Waals surface area contributed by atoms with Crippen LogP contribution in [0.4, 0.5) is 0 Å². The van der Waals surface area contributed by atoms with Gasteiger partial charge in [-0.25, -0.2) is 13.1 Å². The van der Waals surface area contributed by atoms with Crippen LogP contribution in [0.15, 0.2) is 29.2 Å². The van der Waals surface area contributed by atoms with Crippen molar-refractivity contribution in [1.82, 2.24) is 4.72 Å². The summed E-state index contributed by atoms with van der Waals surface area (Å²) in [6, 6.07) is 6.33. The molecule has 0 aromatic heterocycles. The first-order valence-corrected chi connectivity index (χ1v) is 8.28. The molecule has 0 saturated heterocycles. The predicted octanol–water partition coefficient (Wildman–Crippen LogP) is 3.18. The van der Waals surface area contributed by atoms with Gasteiger partial charge in [-0.3, -0.25) is 0 Å². The molecular weight excluding hydrogens is 326 g/mol. The van der Waals surface area contributed by atoms with Crippen molar-refractivity contribution in [2.24, 2.45) is 0 Å². The predicted molar refractivity (Wildman–Crippen MR) is 74.3 cm³/mol. The van der Waals surface area contributed by atoms with Gasteiger partial charge in [0.25, 0.3) is 0 Å². The van der Waals surface area contributed by atoms with Gasteiger partial charge in [0.1, 0.15) is 4.90 Å². The molecule has 0 radical (unpaired) electrons. The van der Waals surface area contributed by atoms with Gasteiger partial charge in [-0.05, 0) is 31.9 Å². The molecule has 17 heavy (non-hydrogen) atoms. The van der Waals surface area contributed by atoms with E-state index < -0.39 is 10.0 Å². The van der Waals surface area contributed by atoms with Gasteiger partial charge >= 0.3 is 0 Å². The number of hydrogen-bond donors (Lipinski definition) is 1. The van der Waals surface area contributed by atoms with Crippen LogP contribution in [-0.4, -0.2) is 19.8 Å². The second-order valence-corrected chi connectivity index (χ2v) is 6.67. The van der Waals surface area contributed by atoms with Gasteiger partial charge in [-0.2, -0.15) is 0 Å². The van der Waals surface area contributed by atoms with Crippen LogP contribution in [-0.2, 0) is 10.0 Å². The highest BCUT2D eigenvalue weighted by Crippen LogP contribution is 2.20. The molecule has 6 heteroatoms. The molecular formula is C11H15BrClNO2S. The van der Waals surface area contributed by atoms with Gasteiger partial charge in [0.15, 0.2) is 0 Å². The molecule has 1 unspecified atom stereocenters. The summed E-state index contributed by atoms with van der Waals surface area (Å²) in [6.45, 7) is 1.84. The molecule has 3 nitrogen and oxygen atoms in total. The standard InChI is InChI=1S/C11H15BrClNO2S/c1-9(5-4-8-12)14-17(15,16)11-7-3-2-6-10(11)13/h2-3,6-7,9,14H,4-5,8H2,1H3. The van der Waals surface area contributed by atoms with Crippen LogP contribution in [0.1, 0.15) is 19.8 Å². The maximum atomic E-state index is 12.0. The van der Waals surface area contributed by atoms with Crippen LogP contribution in [0.2, 0.25) is 5.02 Å². The smallest absolute Gasteiger partial charge is 0.208 e. The van der Waals surface area contributed by atoms with E-state index in [9.17, 15) is 8.42 Å². The third kappa shape index (κ3) is 4.58. The van der Waals surface area contributed by atoms with E-state index in [1.807, 2.05) is 6.92 Å². The average molecular weight is 341 g/mol. The number of nitrogens with one attached hydrogen (secondary N) is 1. The van der Waals surface area contributed by atoms with Crippen molar-refractivity contribution >= 4 is 37.6 Å². The Balaban J connectivity index is 2.79. The zero-order valence-corrected chi connectivity index (χ0v) is 12.6. The van der Waals surface area contributed by atoms with Crippen molar-refractivity contribution in [3.05, 3.63) is 29.3 Å². The lowest BCUT2D eigenvalue weighted by Gasteiger charge is -2.14. The first-order chi connectivity index (χ1) is 7.97. The second-order valence-electron chi connectivity index (χ2n) is 3.78. The van der Waals surface area contributed by atoms with Crippen molar-refractivity contribution < 1.29 is 8.42 Å². The fourth-order valence-corrected chi connectivity index (χ4v) is 3.55. The summed E-state index contributed by atoms with van der Waals surface area (Å²) in [4.78, 5) is 0.132. The molecule has 0 aliphatic carbocycles. The molecule has 0 saturated carbocycles. The highest BCUT2D eigenvalue weighted by atomic mass is 79.9. The molecule has 0 bridgehead atoms. The fraction of sp³-hybridized carbons (Fsp3) is 0.455. The zero-order chi connectivity index (χ0) is 12.9. The molecule has 0 heterocycles. The molecule has 0 fully saturated rings. The van der Waals surface area contributed by atoms with Crippen LogP contribution in [0.25, 0.3) is 0 Å². The summed E-state index contributed by atoms with van der Waals surface area (Å²) in [7, 11) is -3.52. The van der Waals surface area contributed by atoms with E-state index in [1.165, 1.54) is 6.07 Å². The Hall–Kier alpha value is -0.100. The first kappa shape index (κ1) is 15.0. The van der Waals surface area contributed by atoms with E-state index in [1.54, 1.807) is 18.2 Å². The Morgan fingerprint density at radius 2 is 2.06 bits per heavy atom. The minimum absolute atomic E-state index is 0.103. The lowest BCUT2D eigenvalue weighted by atomic mass is 10.2. The van der Waals surface area contributed by atoms with Crippen molar-refractivity contribution in [2.75, 3.05) is 5.33 Å². The van der Waals surface area contributed by atoms with Crippen molar-refractivity contribution in [1.29, 1.82) is 0 Å². The summed E-state index contributed by atoms with van der Waals surface area (Å²) in [5, 5.41) is 1.11. The molecule has 0 aliphatic heterocycles. The number of halogens is 2. The van der Waals surface area contributed by atoms with Gasteiger partial charge < -0.3 is 0 Å². The Bertz CT molecular complexity index is 464. The molecule has 0 aliphatic rings. The highest BCUT2D eigenvalue weighted by molar-refractivity contribution is 9.09. The number of rotatable bonds is 6. The lowest BCUT2D eigenvalue weighted by molar-refractivity contribution is 0.545. The molecule has 0 amide bonds. The maximum absolute atomic E-state index is 12.0. The first-order valence-electron chi connectivity index (χ1n) is 5.30. The molecule has 96 valence electrons. The number of benzene rings is 1. The highest BCUT2D eigenvalue weighted by Gasteiger charge is 2.19. The summed E-state index contributed by atoms with van der Waals surface area (Å²) < 4.78 is 26.7.